The van der Waals surface area contributed by atoms with Crippen LogP contribution in [0.1, 0.15) is 102 Å². The smallest absolute Gasteiger partial charge is 0.303 e. The van der Waals surface area contributed by atoms with E-state index >= 15 is 0 Å². The molecular weight excluding hydrogens is 464 g/mol. The van der Waals surface area contributed by atoms with E-state index in [1.54, 1.807) is 0 Å². The summed E-state index contributed by atoms with van der Waals surface area (Å²) in [6.45, 7) is 8.61. The quantitative estimate of drug-likeness (QED) is 0.369. The molecule has 1 heterocycles. The molecule has 1 aromatic carbocycles. The van der Waals surface area contributed by atoms with Crippen LogP contribution >= 0.6 is 0 Å². The minimum atomic E-state index is -0.868. The van der Waals surface area contributed by atoms with E-state index in [1.165, 1.54) is 38.5 Å². The number of aromatic nitrogens is 1. The average molecular weight is 509 g/mol. The predicted octanol–water partition coefficient (Wildman–Crippen LogP) is 6.79. The van der Waals surface area contributed by atoms with E-state index in [1.807, 2.05) is 26.0 Å². The zero-order valence-electron chi connectivity index (χ0n) is 23.0. The Kier molecular flexibility index (Phi) is 8.76. The molecule has 2 aliphatic carbocycles. The zero-order valence-corrected chi connectivity index (χ0v) is 23.0. The molecule has 0 unspecified atom stereocenters. The monoisotopic (exact) mass is 508 g/mol. The van der Waals surface area contributed by atoms with Gasteiger partial charge in [0.1, 0.15) is 11.4 Å². The van der Waals surface area contributed by atoms with Gasteiger partial charge in [-0.05, 0) is 78.9 Å². The van der Waals surface area contributed by atoms with Crippen molar-refractivity contribution in [1.82, 2.24) is 10.3 Å². The van der Waals surface area contributed by atoms with Crippen molar-refractivity contribution in [3.8, 4) is 5.75 Å². The number of carboxylic acid groups (broad SMARTS) is 1. The molecule has 0 radical (unpaired) electrons. The maximum atomic E-state index is 13.1. The van der Waals surface area contributed by atoms with Crippen molar-refractivity contribution in [1.29, 1.82) is 0 Å². The first kappa shape index (κ1) is 27.4. The fourth-order valence-corrected chi connectivity index (χ4v) is 6.08. The van der Waals surface area contributed by atoms with Gasteiger partial charge in [0, 0.05) is 17.6 Å². The normalized spacial score (nSPS) is 20.9. The van der Waals surface area contributed by atoms with Gasteiger partial charge in [0.2, 0.25) is 0 Å². The maximum Gasteiger partial charge on any atom is 0.303 e. The Bertz CT molecular complexity index is 1100. The third-order valence-electron chi connectivity index (χ3n) is 8.39. The molecule has 37 heavy (non-hydrogen) atoms. The van der Waals surface area contributed by atoms with Crippen molar-refractivity contribution in [2.24, 2.45) is 23.2 Å². The van der Waals surface area contributed by atoms with Crippen LogP contribution in [0.5, 0.6) is 5.75 Å². The van der Waals surface area contributed by atoms with Crippen LogP contribution in [0.3, 0.4) is 0 Å². The standard InChI is InChI=1S/C31H44N2O4/c1-20(2)22-9-12-24(13-10-22)37-25-14-11-23-16-28(30(36)32-19-31(3,4)18-29(34)35)33-27(26(23)17-25)15-21-7-5-6-8-21/h11,14,16-17,20-22,24H,5-10,12-13,15,18-19H2,1-4H3,(H,32,36)(H,34,35). The summed E-state index contributed by atoms with van der Waals surface area (Å²) >= 11 is 0. The predicted molar refractivity (Wildman–Crippen MR) is 147 cm³/mol. The van der Waals surface area contributed by atoms with E-state index in [2.05, 4.69) is 31.3 Å². The topological polar surface area (TPSA) is 88.5 Å². The Morgan fingerprint density at radius 3 is 2.43 bits per heavy atom. The summed E-state index contributed by atoms with van der Waals surface area (Å²) in [5.74, 6) is 1.91. The Morgan fingerprint density at radius 2 is 1.78 bits per heavy atom. The molecule has 1 amide bonds. The minimum absolute atomic E-state index is 0.00669. The number of carbonyl (C=O) groups excluding carboxylic acids is 1. The second-order valence-electron chi connectivity index (χ2n) is 12.5. The van der Waals surface area contributed by atoms with Gasteiger partial charge < -0.3 is 15.2 Å². The highest BCUT2D eigenvalue weighted by atomic mass is 16.5. The second-order valence-corrected chi connectivity index (χ2v) is 12.5. The number of hydrogen-bond acceptors (Lipinski definition) is 4. The Labute approximate surface area is 221 Å². The van der Waals surface area contributed by atoms with Crippen molar-refractivity contribution >= 4 is 22.6 Å². The molecule has 202 valence electrons. The fourth-order valence-electron chi connectivity index (χ4n) is 6.08. The number of carbonyl (C=O) groups is 2. The first-order valence-electron chi connectivity index (χ1n) is 14.2. The van der Waals surface area contributed by atoms with E-state index in [0.29, 0.717) is 11.6 Å². The van der Waals surface area contributed by atoms with E-state index in [4.69, 9.17) is 14.8 Å². The number of ether oxygens (including phenoxy) is 1. The molecule has 0 spiro atoms. The van der Waals surface area contributed by atoms with Gasteiger partial charge in [-0.25, -0.2) is 4.98 Å². The first-order chi connectivity index (χ1) is 17.6. The number of hydrogen-bond donors (Lipinski definition) is 2. The van der Waals surface area contributed by atoms with Crippen molar-refractivity contribution in [2.75, 3.05) is 6.54 Å². The molecule has 0 bridgehead atoms. The molecule has 0 atom stereocenters. The molecule has 6 heteroatoms. The van der Waals surface area contributed by atoms with Crippen LogP contribution in [0.25, 0.3) is 10.8 Å². The summed E-state index contributed by atoms with van der Waals surface area (Å²) in [5, 5.41) is 14.1. The number of benzene rings is 1. The summed E-state index contributed by atoms with van der Waals surface area (Å²) in [4.78, 5) is 29.1. The van der Waals surface area contributed by atoms with Crippen molar-refractivity contribution in [2.45, 2.75) is 98.0 Å². The molecule has 4 rings (SSSR count). The lowest BCUT2D eigenvalue weighted by atomic mass is 9.80. The van der Waals surface area contributed by atoms with E-state index in [-0.39, 0.29) is 25.0 Å². The number of fused-ring (bicyclic) bond motifs is 1. The van der Waals surface area contributed by atoms with Gasteiger partial charge in [-0.1, -0.05) is 59.4 Å². The number of rotatable bonds is 10. The number of amides is 1. The van der Waals surface area contributed by atoms with Crippen molar-refractivity contribution in [3.63, 3.8) is 0 Å². The van der Waals surface area contributed by atoms with Crippen LogP contribution < -0.4 is 10.1 Å². The molecule has 0 aliphatic heterocycles. The van der Waals surface area contributed by atoms with Crippen LogP contribution in [0.2, 0.25) is 0 Å². The van der Waals surface area contributed by atoms with Gasteiger partial charge >= 0.3 is 5.97 Å². The number of carboxylic acids is 1. The summed E-state index contributed by atoms with van der Waals surface area (Å²) < 4.78 is 6.45. The SMILES string of the molecule is CC(C)C1CCC(Oc2ccc3cc(C(=O)NCC(C)(C)CC(=O)O)nc(CC4CCCC4)c3c2)CC1. The molecule has 2 saturated carbocycles. The largest absolute Gasteiger partial charge is 0.490 e. The molecule has 2 N–H and O–H groups in total. The summed E-state index contributed by atoms with van der Waals surface area (Å²) in [5.41, 5.74) is 0.826. The minimum Gasteiger partial charge on any atom is -0.490 e. The van der Waals surface area contributed by atoms with Gasteiger partial charge in [-0.3, -0.25) is 9.59 Å². The Hall–Kier alpha value is -2.63. The average Bonchev–Trinajstić information content (AvgIpc) is 3.35. The summed E-state index contributed by atoms with van der Waals surface area (Å²) in [7, 11) is 0. The highest BCUT2D eigenvalue weighted by Crippen LogP contribution is 2.34. The van der Waals surface area contributed by atoms with Crippen molar-refractivity contribution < 1.29 is 19.4 Å². The lowest BCUT2D eigenvalue weighted by Crippen LogP contribution is -2.35. The van der Waals surface area contributed by atoms with E-state index in [0.717, 1.165) is 53.3 Å². The molecule has 2 aliphatic rings. The zero-order chi connectivity index (χ0) is 26.6. The second kappa shape index (κ2) is 11.8. The highest BCUT2D eigenvalue weighted by Gasteiger charge is 2.26. The van der Waals surface area contributed by atoms with Crippen LogP contribution in [0.4, 0.5) is 0 Å². The molecule has 0 saturated heterocycles. The van der Waals surface area contributed by atoms with Crippen LogP contribution in [-0.4, -0.2) is 34.6 Å². The highest BCUT2D eigenvalue weighted by molar-refractivity contribution is 5.97. The third kappa shape index (κ3) is 7.45. The van der Waals surface area contributed by atoms with E-state index < -0.39 is 11.4 Å². The maximum absolute atomic E-state index is 13.1. The molecule has 2 aromatic rings. The first-order valence-corrected chi connectivity index (χ1v) is 14.2. The number of nitrogens with zero attached hydrogens (tertiary/aromatic N) is 1. The number of aliphatic carboxylic acids is 1. The molecule has 6 nitrogen and oxygen atoms in total. The summed E-state index contributed by atoms with van der Waals surface area (Å²) in [6.07, 6.45) is 10.7. The number of nitrogens with one attached hydrogen (secondary N) is 1. The fraction of sp³-hybridized carbons (Fsp3) is 0.645. The number of pyridine rings is 1. The third-order valence-corrected chi connectivity index (χ3v) is 8.39. The van der Waals surface area contributed by atoms with Gasteiger partial charge in [-0.15, -0.1) is 0 Å². The molecular formula is C31H44N2O4. The van der Waals surface area contributed by atoms with Crippen LogP contribution in [-0.2, 0) is 11.2 Å². The van der Waals surface area contributed by atoms with Gasteiger partial charge in [0.05, 0.1) is 12.5 Å². The molecule has 1 aromatic heterocycles. The van der Waals surface area contributed by atoms with Crippen LogP contribution in [0, 0.1) is 23.2 Å². The lowest BCUT2D eigenvalue weighted by molar-refractivity contribution is -0.139. The van der Waals surface area contributed by atoms with Gasteiger partial charge in [-0.2, -0.15) is 0 Å². The van der Waals surface area contributed by atoms with Gasteiger partial charge in [0.15, 0.2) is 0 Å². The van der Waals surface area contributed by atoms with Crippen molar-refractivity contribution in [3.05, 3.63) is 35.7 Å². The van der Waals surface area contributed by atoms with Crippen LogP contribution in [0.15, 0.2) is 24.3 Å². The van der Waals surface area contributed by atoms with E-state index in [9.17, 15) is 9.59 Å². The Balaban J connectivity index is 1.54. The Morgan fingerprint density at radius 1 is 1.08 bits per heavy atom. The van der Waals surface area contributed by atoms with Gasteiger partial charge in [0.25, 0.3) is 5.91 Å². The lowest BCUT2D eigenvalue weighted by Gasteiger charge is -2.31. The molecule has 2 fully saturated rings. The summed E-state index contributed by atoms with van der Waals surface area (Å²) in [6, 6.07) is 8.05.